The Morgan fingerprint density at radius 2 is 2.00 bits per heavy atom. The second-order valence-corrected chi connectivity index (χ2v) is 11.6. The van der Waals surface area contributed by atoms with Crippen molar-refractivity contribution < 1.29 is 23.8 Å². The molecule has 1 atom stereocenters. The first-order valence-electron chi connectivity index (χ1n) is 13.1. The maximum atomic E-state index is 13.2. The molecule has 196 valence electrons. The van der Waals surface area contributed by atoms with Gasteiger partial charge in [0.1, 0.15) is 22.6 Å². The minimum Gasteiger partial charge on any atom is -0.460 e. The van der Waals surface area contributed by atoms with Gasteiger partial charge < -0.3 is 24.5 Å². The molecule has 2 amide bonds. The van der Waals surface area contributed by atoms with Crippen LogP contribution < -0.4 is 10.1 Å². The number of furan rings is 1. The van der Waals surface area contributed by atoms with Gasteiger partial charge in [0.25, 0.3) is 11.8 Å². The SMILES string of the molecule is Cc1oc2cc(Oc3ccnn4cc(C(=O)N5CC[C@@](C)(O)C5)c(C)c34)ccc2c1C(=O)NC12CC(C1)C2. The van der Waals surface area contributed by atoms with E-state index in [9.17, 15) is 14.7 Å². The zero-order valence-electron chi connectivity index (χ0n) is 21.7. The van der Waals surface area contributed by atoms with Crippen LogP contribution >= 0.6 is 0 Å². The Hall–Kier alpha value is -3.85. The first kappa shape index (κ1) is 23.3. The van der Waals surface area contributed by atoms with Crippen molar-refractivity contribution in [3.8, 4) is 11.5 Å². The Morgan fingerprint density at radius 1 is 1.21 bits per heavy atom. The van der Waals surface area contributed by atoms with Crippen LogP contribution in [0.15, 0.2) is 41.1 Å². The third-order valence-electron chi connectivity index (χ3n) is 8.57. The fourth-order valence-electron chi connectivity index (χ4n) is 6.42. The van der Waals surface area contributed by atoms with Gasteiger partial charge in [-0.2, -0.15) is 5.10 Å². The van der Waals surface area contributed by atoms with Crippen LogP contribution in [0.2, 0.25) is 0 Å². The minimum absolute atomic E-state index is 0.00457. The molecule has 38 heavy (non-hydrogen) atoms. The van der Waals surface area contributed by atoms with Gasteiger partial charge in [-0.25, -0.2) is 4.52 Å². The van der Waals surface area contributed by atoms with E-state index in [1.165, 1.54) is 0 Å². The molecule has 1 saturated heterocycles. The fourth-order valence-corrected chi connectivity index (χ4v) is 6.42. The molecule has 1 aromatic carbocycles. The smallest absolute Gasteiger partial charge is 0.255 e. The lowest BCUT2D eigenvalue weighted by Crippen LogP contribution is -2.68. The van der Waals surface area contributed by atoms with Crippen molar-refractivity contribution in [3.05, 3.63) is 59.1 Å². The summed E-state index contributed by atoms with van der Waals surface area (Å²) in [6, 6.07) is 7.23. The highest BCUT2D eigenvalue weighted by molar-refractivity contribution is 6.08. The summed E-state index contributed by atoms with van der Waals surface area (Å²) in [6.07, 6.45) is 7.13. The van der Waals surface area contributed by atoms with Crippen molar-refractivity contribution in [2.45, 2.75) is 57.6 Å². The van der Waals surface area contributed by atoms with Gasteiger partial charge in [0.05, 0.1) is 22.9 Å². The van der Waals surface area contributed by atoms with Gasteiger partial charge in [0, 0.05) is 42.3 Å². The lowest BCUT2D eigenvalue weighted by Gasteiger charge is -2.61. The number of nitrogens with zero attached hydrogens (tertiary/aromatic N) is 3. The number of aliphatic hydroxyl groups is 1. The zero-order chi connectivity index (χ0) is 26.4. The molecule has 2 N–H and O–H groups in total. The molecule has 3 aromatic heterocycles. The topological polar surface area (TPSA) is 109 Å². The van der Waals surface area contributed by atoms with E-state index in [2.05, 4.69) is 10.4 Å². The third-order valence-corrected chi connectivity index (χ3v) is 8.57. The summed E-state index contributed by atoms with van der Waals surface area (Å²) in [6.45, 7) is 6.25. The molecule has 4 fully saturated rings. The summed E-state index contributed by atoms with van der Waals surface area (Å²) in [5.74, 6) is 2.26. The molecule has 3 aliphatic carbocycles. The quantitative estimate of drug-likeness (QED) is 0.409. The number of amides is 2. The number of β-amino-alcohol motifs (C(OH)–C–C–N with tert-alkyl or cyclic N) is 1. The number of nitrogens with one attached hydrogen (secondary N) is 1. The molecule has 8 rings (SSSR count). The molecule has 1 aliphatic heterocycles. The first-order chi connectivity index (χ1) is 18.1. The van der Waals surface area contributed by atoms with E-state index in [4.69, 9.17) is 9.15 Å². The van der Waals surface area contributed by atoms with Gasteiger partial charge in [-0.1, -0.05) is 0 Å². The Morgan fingerprint density at radius 3 is 2.68 bits per heavy atom. The number of rotatable bonds is 5. The predicted octanol–water partition coefficient (Wildman–Crippen LogP) is 4.37. The zero-order valence-corrected chi connectivity index (χ0v) is 21.7. The summed E-state index contributed by atoms with van der Waals surface area (Å²) < 4.78 is 13.9. The van der Waals surface area contributed by atoms with Crippen LogP contribution in [0.25, 0.3) is 16.5 Å². The van der Waals surface area contributed by atoms with Crippen LogP contribution in [0.3, 0.4) is 0 Å². The number of hydrogen-bond donors (Lipinski definition) is 2. The number of ether oxygens (including phenoxy) is 1. The number of carbonyl (C=O) groups is 2. The maximum absolute atomic E-state index is 13.2. The van der Waals surface area contributed by atoms with Gasteiger partial charge in [-0.15, -0.1) is 0 Å². The number of likely N-dealkylation sites (tertiary alicyclic amines) is 1. The molecule has 0 unspecified atom stereocenters. The monoisotopic (exact) mass is 514 g/mol. The van der Waals surface area contributed by atoms with Gasteiger partial charge >= 0.3 is 0 Å². The lowest BCUT2D eigenvalue weighted by molar-refractivity contribution is -0.0438. The highest BCUT2D eigenvalue weighted by Crippen LogP contribution is 2.57. The lowest BCUT2D eigenvalue weighted by atomic mass is 9.50. The molecule has 4 heterocycles. The van der Waals surface area contributed by atoms with Gasteiger partial charge in [0.2, 0.25) is 0 Å². The average molecular weight is 515 g/mol. The van der Waals surface area contributed by atoms with Crippen molar-refractivity contribution in [2.24, 2.45) is 5.92 Å². The van der Waals surface area contributed by atoms with Crippen molar-refractivity contribution in [2.75, 3.05) is 13.1 Å². The molecule has 2 bridgehead atoms. The summed E-state index contributed by atoms with van der Waals surface area (Å²) in [5, 5.41) is 18.7. The van der Waals surface area contributed by atoms with Gasteiger partial charge in [0.15, 0.2) is 5.75 Å². The Kier molecular flexibility index (Phi) is 4.80. The maximum Gasteiger partial charge on any atom is 0.255 e. The van der Waals surface area contributed by atoms with Crippen molar-refractivity contribution in [1.29, 1.82) is 0 Å². The molecule has 9 heteroatoms. The van der Waals surface area contributed by atoms with Crippen LogP contribution in [0, 0.1) is 19.8 Å². The van der Waals surface area contributed by atoms with E-state index in [-0.39, 0.29) is 17.4 Å². The van der Waals surface area contributed by atoms with E-state index in [0.717, 1.165) is 36.1 Å². The molecule has 3 saturated carbocycles. The average Bonchev–Trinajstić information content (AvgIpc) is 3.47. The standard InChI is InChI=1S/C29H30N4O5/c1-16-21(27(35)32-9-7-28(3,36)15-32)14-33-25(16)22(6-8-30-33)38-19-4-5-20-23(10-19)37-17(2)24(20)26(34)31-29-11-18(12-29)13-29/h4-6,8,10,14,18,36H,7,9,11-13,15H2,1-3H3,(H,31,34)/t18?,28-,29?/m1/s1. The molecule has 0 radical (unpaired) electrons. The minimum atomic E-state index is -0.865. The largest absolute Gasteiger partial charge is 0.460 e. The predicted molar refractivity (Wildman–Crippen MR) is 140 cm³/mol. The summed E-state index contributed by atoms with van der Waals surface area (Å²) in [7, 11) is 0. The number of fused-ring (bicyclic) bond motifs is 2. The molecular formula is C29H30N4O5. The van der Waals surface area contributed by atoms with Gasteiger partial charge in [-0.05, 0) is 70.1 Å². The van der Waals surface area contributed by atoms with Crippen molar-refractivity contribution >= 4 is 28.3 Å². The first-order valence-corrected chi connectivity index (χ1v) is 13.1. The highest BCUT2D eigenvalue weighted by Gasteiger charge is 2.57. The molecule has 4 aliphatic rings. The molecular weight excluding hydrogens is 484 g/mol. The summed E-state index contributed by atoms with van der Waals surface area (Å²) in [4.78, 5) is 28.0. The van der Waals surface area contributed by atoms with E-state index in [1.807, 2.05) is 26.0 Å². The number of hydrogen-bond acceptors (Lipinski definition) is 6. The van der Waals surface area contributed by atoms with E-state index >= 15 is 0 Å². The van der Waals surface area contributed by atoms with Crippen LogP contribution in [0.4, 0.5) is 0 Å². The number of benzene rings is 1. The molecule has 0 spiro atoms. The Bertz CT molecular complexity index is 1630. The van der Waals surface area contributed by atoms with Crippen molar-refractivity contribution in [1.82, 2.24) is 19.8 Å². The van der Waals surface area contributed by atoms with Crippen LogP contribution in [-0.4, -0.2) is 55.7 Å². The third kappa shape index (κ3) is 3.52. The van der Waals surface area contributed by atoms with E-state index in [0.29, 0.717) is 59.0 Å². The van der Waals surface area contributed by atoms with Crippen molar-refractivity contribution in [3.63, 3.8) is 0 Å². The summed E-state index contributed by atoms with van der Waals surface area (Å²) >= 11 is 0. The van der Waals surface area contributed by atoms with E-state index < -0.39 is 5.60 Å². The Balaban J connectivity index is 1.17. The van der Waals surface area contributed by atoms with Crippen LogP contribution in [0.1, 0.15) is 64.6 Å². The molecule has 4 aromatic rings. The Labute approximate surface area is 219 Å². The second kappa shape index (κ2) is 7.83. The second-order valence-electron chi connectivity index (χ2n) is 11.6. The van der Waals surface area contributed by atoms with E-state index in [1.54, 1.807) is 40.9 Å². The highest BCUT2D eigenvalue weighted by atomic mass is 16.5. The van der Waals surface area contributed by atoms with Gasteiger partial charge in [-0.3, -0.25) is 9.59 Å². The number of aromatic nitrogens is 2. The summed E-state index contributed by atoms with van der Waals surface area (Å²) in [5.41, 5.74) is 2.27. The number of aryl methyl sites for hydroxylation is 2. The molecule has 9 nitrogen and oxygen atoms in total. The fraction of sp³-hybridized carbons (Fsp3) is 0.414. The van der Waals surface area contributed by atoms with Crippen LogP contribution in [0.5, 0.6) is 11.5 Å². The van der Waals surface area contributed by atoms with Crippen LogP contribution in [-0.2, 0) is 0 Å². The number of carbonyl (C=O) groups excluding carboxylic acids is 2. The normalized spacial score (nSPS) is 25.9.